The molecule has 0 aromatic rings. The van der Waals surface area contributed by atoms with Crippen molar-refractivity contribution in [1.29, 1.82) is 0 Å². The van der Waals surface area contributed by atoms with E-state index in [-0.39, 0.29) is 23.5 Å². The van der Waals surface area contributed by atoms with Gasteiger partial charge in [-0.05, 0) is 26.2 Å². The summed E-state index contributed by atoms with van der Waals surface area (Å²) in [6.07, 6.45) is 2.52. The molecule has 3 N–H and O–H groups in total. The van der Waals surface area contributed by atoms with Gasteiger partial charge in [0.05, 0.1) is 11.1 Å². The first kappa shape index (κ1) is 18.7. The van der Waals surface area contributed by atoms with Crippen LogP contribution in [0.2, 0.25) is 0 Å². The van der Waals surface area contributed by atoms with Crippen molar-refractivity contribution >= 4 is 17.9 Å². The van der Waals surface area contributed by atoms with Crippen LogP contribution in [-0.2, 0) is 14.4 Å². The minimum atomic E-state index is -1.20. The van der Waals surface area contributed by atoms with Gasteiger partial charge in [-0.3, -0.25) is 0 Å². The van der Waals surface area contributed by atoms with Gasteiger partial charge in [0.15, 0.2) is 0 Å². The molecule has 0 fully saturated rings. The van der Waals surface area contributed by atoms with Crippen LogP contribution < -0.4 is 0 Å². The molecule has 0 spiro atoms. The second-order valence-corrected chi connectivity index (χ2v) is 5.17. The SMILES string of the molecule is CC(=CN(C=C(C)C(=O)O)[C@@H](CC(C)C)C(=O)O)C(=O)O. The summed E-state index contributed by atoms with van der Waals surface area (Å²) < 4.78 is 0. The lowest BCUT2D eigenvalue weighted by atomic mass is 10.0. The number of aliphatic carboxylic acids is 3. The fraction of sp³-hybridized carbons (Fsp3) is 0.500. The Morgan fingerprint density at radius 2 is 1.33 bits per heavy atom. The van der Waals surface area contributed by atoms with Gasteiger partial charge in [-0.25, -0.2) is 14.4 Å². The van der Waals surface area contributed by atoms with Gasteiger partial charge in [-0.1, -0.05) is 13.8 Å². The molecule has 1 atom stereocenters. The zero-order valence-electron chi connectivity index (χ0n) is 12.5. The molecule has 7 heteroatoms. The van der Waals surface area contributed by atoms with Crippen molar-refractivity contribution in [2.45, 2.75) is 40.2 Å². The van der Waals surface area contributed by atoms with Gasteiger partial charge in [-0.15, -0.1) is 0 Å². The maximum Gasteiger partial charge on any atom is 0.332 e. The Kier molecular flexibility index (Phi) is 7.19. The van der Waals surface area contributed by atoms with Crippen LogP contribution in [0.15, 0.2) is 23.5 Å². The highest BCUT2D eigenvalue weighted by atomic mass is 16.4. The highest BCUT2D eigenvalue weighted by Gasteiger charge is 2.24. The van der Waals surface area contributed by atoms with E-state index in [0.29, 0.717) is 0 Å². The molecule has 7 nitrogen and oxygen atoms in total. The second-order valence-electron chi connectivity index (χ2n) is 5.17. The van der Waals surface area contributed by atoms with E-state index in [1.165, 1.54) is 13.8 Å². The monoisotopic (exact) mass is 299 g/mol. The smallest absolute Gasteiger partial charge is 0.332 e. The summed E-state index contributed by atoms with van der Waals surface area (Å²) in [6, 6.07) is -1.03. The summed E-state index contributed by atoms with van der Waals surface area (Å²) in [7, 11) is 0. The zero-order valence-corrected chi connectivity index (χ0v) is 12.5. The minimum absolute atomic E-state index is 0.0469. The molecule has 0 saturated carbocycles. The molecule has 0 aliphatic rings. The molecule has 0 aromatic heterocycles. The van der Waals surface area contributed by atoms with Crippen molar-refractivity contribution in [3.05, 3.63) is 23.5 Å². The molecule has 0 amide bonds. The molecule has 0 saturated heterocycles. The van der Waals surface area contributed by atoms with Crippen molar-refractivity contribution in [2.75, 3.05) is 0 Å². The standard InChI is InChI=1S/C14H21NO6/c1-8(2)5-11(14(20)21)15(6-9(3)12(16)17)7-10(4)13(18)19/h6-8,11H,5H2,1-4H3,(H,16,17)(H,18,19)(H,20,21)/t11-/m0/s1. The number of hydrogen-bond acceptors (Lipinski definition) is 4. The zero-order chi connectivity index (χ0) is 16.7. The van der Waals surface area contributed by atoms with Crippen LogP contribution in [0.1, 0.15) is 34.1 Å². The molecule has 118 valence electrons. The van der Waals surface area contributed by atoms with Crippen LogP contribution in [0.3, 0.4) is 0 Å². The average molecular weight is 299 g/mol. The molecule has 0 aromatic carbocycles. The van der Waals surface area contributed by atoms with E-state index in [1.54, 1.807) is 0 Å². The van der Waals surface area contributed by atoms with Crippen molar-refractivity contribution in [1.82, 2.24) is 4.90 Å². The summed E-state index contributed by atoms with van der Waals surface area (Å²) in [5, 5.41) is 27.1. The highest BCUT2D eigenvalue weighted by molar-refractivity contribution is 5.87. The van der Waals surface area contributed by atoms with E-state index in [1.807, 2.05) is 13.8 Å². The third-order valence-electron chi connectivity index (χ3n) is 2.70. The second kappa shape index (κ2) is 8.08. The number of hydrogen-bond donors (Lipinski definition) is 3. The summed E-state index contributed by atoms with van der Waals surface area (Å²) in [4.78, 5) is 34.3. The molecule has 0 aliphatic heterocycles. The van der Waals surface area contributed by atoms with Crippen LogP contribution in [0.5, 0.6) is 0 Å². The molecular weight excluding hydrogens is 278 g/mol. The number of rotatable bonds is 8. The highest BCUT2D eigenvalue weighted by Crippen LogP contribution is 2.16. The molecule has 0 heterocycles. The fourth-order valence-electron chi connectivity index (χ4n) is 1.57. The third kappa shape index (κ3) is 6.60. The van der Waals surface area contributed by atoms with Crippen LogP contribution in [0, 0.1) is 5.92 Å². The van der Waals surface area contributed by atoms with Crippen molar-refractivity contribution in [2.24, 2.45) is 5.92 Å². The maximum absolute atomic E-state index is 11.4. The van der Waals surface area contributed by atoms with Crippen molar-refractivity contribution in [3.8, 4) is 0 Å². The summed E-state index contributed by atoms with van der Waals surface area (Å²) in [5.74, 6) is -3.50. The van der Waals surface area contributed by atoms with E-state index in [9.17, 15) is 19.5 Å². The predicted octanol–water partition coefficient (Wildman–Crippen LogP) is 1.76. The Morgan fingerprint density at radius 3 is 1.57 bits per heavy atom. The van der Waals surface area contributed by atoms with Gasteiger partial charge in [0.25, 0.3) is 0 Å². The summed E-state index contributed by atoms with van der Waals surface area (Å²) in [6.45, 7) is 6.28. The Labute approximate surface area is 123 Å². The molecule has 0 rings (SSSR count). The first-order valence-corrected chi connectivity index (χ1v) is 6.40. The van der Waals surface area contributed by atoms with E-state index < -0.39 is 23.9 Å². The van der Waals surface area contributed by atoms with E-state index >= 15 is 0 Å². The summed E-state index contributed by atoms with van der Waals surface area (Å²) >= 11 is 0. The van der Waals surface area contributed by atoms with E-state index in [0.717, 1.165) is 17.3 Å². The van der Waals surface area contributed by atoms with Gasteiger partial charge >= 0.3 is 17.9 Å². The van der Waals surface area contributed by atoms with Crippen LogP contribution in [0.25, 0.3) is 0 Å². The quantitative estimate of drug-likeness (QED) is 0.585. The molecule has 0 radical (unpaired) electrons. The summed E-state index contributed by atoms with van der Waals surface area (Å²) in [5.41, 5.74) is -0.168. The number of carboxylic acid groups (broad SMARTS) is 3. The molecule has 0 unspecified atom stereocenters. The van der Waals surface area contributed by atoms with Crippen LogP contribution in [-0.4, -0.2) is 44.2 Å². The minimum Gasteiger partial charge on any atom is -0.480 e. The predicted molar refractivity (Wildman–Crippen MR) is 75.5 cm³/mol. The van der Waals surface area contributed by atoms with Gasteiger partial charge < -0.3 is 20.2 Å². The van der Waals surface area contributed by atoms with Gasteiger partial charge in [0.1, 0.15) is 6.04 Å². The normalized spacial score (nSPS) is 14.0. The fourth-order valence-corrected chi connectivity index (χ4v) is 1.57. The molecule has 0 bridgehead atoms. The Morgan fingerprint density at radius 1 is 0.952 bits per heavy atom. The molecule has 0 aliphatic carbocycles. The Hall–Kier alpha value is -2.31. The third-order valence-corrected chi connectivity index (χ3v) is 2.70. The van der Waals surface area contributed by atoms with Crippen molar-refractivity contribution in [3.63, 3.8) is 0 Å². The number of carboxylic acids is 3. The van der Waals surface area contributed by atoms with E-state index in [4.69, 9.17) is 10.2 Å². The first-order chi connectivity index (χ1) is 9.56. The Bertz CT molecular complexity index is 448. The number of nitrogens with zero attached hydrogens (tertiary/aromatic N) is 1. The van der Waals surface area contributed by atoms with Gasteiger partial charge in [-0.2, -0.15) is 0 Å². The van der Waals surface area contributed by atoms with Crippen LogP contribution in [0.4, 0.5) is 0 Å². The first-order valence-electron chi connectivity index (χ1n) is 6.40. The van der Waals surface area contributed by atoms with Crippen molar-refractivity contribution < 1.29 is 29.7 Å². The van der Waals surface area contributed by atoms with E-state index in [2.05, 4.69) is 0 Å². The molecular formula is C14H21NO6. The lowest BCUT2D eigenvalue weighted by Gasteiger charge is -2.26. The lowest BCUT2D eigenvalue weighted by Crippen LogP contribution is -2.36. The maximum atomic E-state index is 11.4. The number of carbonyl (C=O) groups is 3. The molecule has 21 heavy (non-hydrogen) atoms. The largest absolute Gasteiger partial charge is 0.480 e. The van der Waals surface area contributed by atoms with Gasteiger partial charge in [0, 0.05) is 12.4 Å². The van der Waals surface area contributed by atoms with Gasteiger partial charge in [0.2, 0.25) is 0 Å². The topological polar surface area (TPSA) is 115 Å². The van der Waals surface area contributed by atoms with Crippen LogP contribution >= 0.6 is 0 Å². The lowest BCUT2D eigenvalue weighted by molar-refractivity contribution is -0.142. The Balaban J connectivity index is 5.71. The average Bonchev–Trinajstić information content (AvgIpc) is 2.33.